The van der Waals surface area contributed by atoms with Crippen molar-refractivity contribution in [3.63, 3.8) is 0 Å². The van der Waals surface area contributed by atoms with Gasteiger partial charge >= 0.3 is 0 Å². The van der Waals surface area contributed by atoms with Crippen LogP contribution in [0.1, 0.15) is 62.4 Å². The zero-order valence-corrected chi connectivity index (χ0v) is 24.4. The summed E-state index contributed by atoms with van der Waals surface area (Å²) in [7, 11) is 1.66. The van der Waals surface area contributed by atoms with Crippen LogP contribution < -0.4 is 16.2 Å². The SMILES string of the molecule is COCCCOc1cc(CCC(=O)N=C(N)N)ccc1-c1ccc(C(=O)N2CCC(C(C)(C)C)CC2)cc1.Cl. The van der Waals surface area contributed by atoms with Crippen LogP contribution in [0.3, 0.4) is 0 Å². The Bertz CT molecular complexity index is 1120. The number of rotatable bonds is 10. The number of benzene rings is 2. The van der Waals surface area contributed by atoms with Crippen molar-refractivity contribution in [2.75, 3.05) is 33.4 Å². The number of aryl methyl sites for hydroxylation is 1. The van der Waals surface area contributed by atoms with Crippen molar-refractivity contribution in [3.05, 3.63) is 53.6 Å². The number of piperidine rings is 1. The van der Waals surface area contributed by atoms with Crippen LogP contribution in [0, 0.1) is 11.3 Å². The van der Waals surface area contributed by atoms with Crippen molar-refractivity contribution >= 4 is 30.2 Å². The lowest BCUT2D eigenvalue weighted by atomic mass is 9.75. The van der Waals surface area contributed by atoms with Crippen LogP contribution >= 0.6 is 12.4 Å². The van der Waals surface area contributed by atoms with Gasteiger partial charge in [-0.15, -0.1) is 12.4 Å². The fourth-order valence-corrected chi connectivity index (χ4v) is 4.84. The van der Waals surface area contributed by atoms with Crippen LogP contribution in [-0.2, 0) is 16.0 Å². The molecule has 1 aliphatic heterocycles. The van der Waals surface area contributed by atoms with Gasteiger partial charge in [-0.1, -0.05) is 45.0 Å². The molecule has 1 fully saturated rings. The number of ether oxygens (including phenoxy) is 2. The van der Waals surface area contributed by atoms with Gasteiger partial charge in [0, 0.05) is 50.8 Å². The average molecular weight is 559 g/mol. The topological polar surface area (TPSA) is 120 Å². The Labute approximate surface area is 238 Å². The third-order valence-corrected chi connectivity index (χ3v) is 7.13. The maximum absolute atomic E-state index is 13.1. The maximum atomic E-state index is 13.1. The summed E-state index contributed by atoms with van der Waals surface area (Å²) in [6, 6.07) is 13.6. The first kappa shape index (κ1) is 32.1. The van der Waals surface area contributed by atoms with Crippen LogP contribution in [0.5, 0.6) is 5.75 Å². The van der Waals surface area contributed by atoms with Gasteiger partial charge in [0.2, 0.25) is 5.91 Å². The lowest BCUT2D eigenvalue weighted by Gasteiger charge is -2.38. The maximum Gasteiger partial charge on any atom is 0.253 e. The number of carbonyl (C=O) groups is 2. The number of guanidine groups is 1. The fourth-order valence-electron chi connectivity index (χ4n) is 4.84. The molecule has 0 saturated carbocycles. The molecule has 1 aliphatic rings. The highest BCUT2D eigenvalue weighted by molar-refractivity contribution is 5.95. The van der Waals surface area contributed by atoms with E-state index in [4.69, 9.17) is 20.9 Å². The number of hydrogen-bond donors (Lipinski definition) is 2. The first-order chi connectivity index (χ1) is 18.1. The summed E-state index contributed by atoms with van der Waals surface area (Å²) >= 11 is 0. The second-order valence-corrected chi connectivity index (χ2v) is 11.0. The first-order valence-electron chi connectivity index (χ1n) is 13.4. The van der Waals surface area contributed by atoms with E-state index in [1.165, 1.54) is 0 Å². The van der Waals surface area contributed by atoms with Crippen molar-refractivity contribution in [2.24, 2.45) is 27.8 Å². The lowest BCUT2D eigenvalue weighted by molar-refractivity contribution is -0.117. The Morgan fingerprint density at radius 1 is 1.03 bits per heavy atom. The highest BCUT2D eigenvalue weighted by Gasteiger charge is 2.30. The van der Waals surface area contributed by atoms with E-state index < -0.39 is 0 Å². The number of nitrogens with zero attached hydrogens (tertiary/aromatic N) is 2. The molecule has 2 amide bonds. The number of nitrogens with two attached hydrogens (primary N) is 2. The highest BCUT2D eigenvalue weighted by Crippen LogP contribution is 2.35. The summed E-state index contributed by atoms with van der Waals surface area (Å²) in [5.41, 5.74) is 14.4. The van der Waals surface area contributed by atoms with Gasteiger partial charge in [-0.3, -0.25) is 9.59 Å². The Kier molecular flexibility index (Phi) is 12.3. The molecule has 39 heavy (non-hydrogen) atoms. The smallest absolute Gasteiger partial charge is 0.253 e. The lowest BCUT2D eigenvalue weighted by Crippen LogP contribution is -2.41. The van der Waals surface area contributed by atoms with Crippen LogP contribution in [-0.4, -0.2) is 56.1 Å². The first-order valence-corrected chi connectivity index (χ1v) is 13.4. The van der Waals surface area contributed by atoms with Crippen LogP contribution in [0.4, 0.5) is 0 Å². The largest absolute Gasteiger partial charge is 0.493 e. The Balaban J connectivity index is 0.00000533. The molecule has 0 radical (unpaired) electrons. The summed E-state index contributed by atoms with van der Waals surface area (Å²) in [5.74, 6) is 0.851. The normalized spacial score (nSPS) is 13.9. The molecular formula is C30H43ClN4O4. The van der Waals surface area contributed by atoms with Gasteiger partial charge in [0.15, 0.2) is 5.96 Å². The molecule has 1 saturated heterocycles. The Morgan fingerprint density at radius 2 is 1.69 bits per heavy atom. The molecule has 0 bridgehead atoms. The highest BCUT2D eigenvalue weighted by atomic mass is 35.5. The van der Waals surface area contributed by atoms with E-state index in [2.05, 4.69) is 25.8 Å². The summed E-state index contributed by atoms with van der Waals surface area (Å²) < 4.78 is 11.2. The molecule has 9 heteroatoms. The number of amides is 2. The minimum atomic E-state index is -0.362. The van der Waals surface area contributed by atoms with Crippen molar-refractivity contribution < 1.29 is 19.1 Å². The summed E-state index contributed by atoms with van der Waals surface area (Å²) in [4.78, 5) is 30.6. The van der Waals surface area contributed by atoms with E-state index in [1.54, 1.807) is 7.11 Å². The van der Waals surface area contributed by atoms with Crippen molar-refractivity contribution in [1.82, 2.24) is 4.90 Å². The van der Waals surface area contributed by atoms with Gasteiger partial charge < -0.3 is 25.8 Å². The van der Waals surface area contributed by atoms with Gasteiger partial charge in [-0.25, -0.2) is 0 Å². The predicted molar refractivity (Wildman–Crippen MR) is 158 cm³/mol. The number of halogens is 1. The van der Waals surface area contributed by atoms with Crippen LogP contribution in [0.15, 0.2) is 47.5 Å². The summed E-state index contributed by atoms with van der Waals surface area (Å²) in [5, 5.41) is 0. The van der Waals surface area contributed by atoms with E-state index in [1.807, 2.05) is 47.4 Å². The number of hydrogen-bond acceptors (Lipinski definition) is 4. The standard InChI is InChI=1S/C30H42N4O4.ClH/c1-30(2,3)24-14-16-34(17-15-24)28(36)23-10-8-22(9-11-23)25-12-6-21(7-13-27(35)33-29(31)32)20-26(25)38-19-5-18-37-4;/h6,8-12,20,24H,5,7,13-19H2,1-4H3,(H4,31,32,33,35);1H. The van der Waals surface area contributed by atoms with E-state index in [0.29, 0.717) is 31.1 Å². The van der Waals surface area contributed by atoms with Crippen LogP contribution in [0.2, 0.25) is 0 Å². The summed E-state index contributed by atoms with van der Waals surface area (Å²) in [6.07, 6.45) is 3.53. The molecule has 8 nitrogen and oxygen atoms in total. The van der Waals surface area contributed by atoms with E-state index in [9.17, 15) is 9.59 Å². The molecule has 1 heterocycles. The van der Waals surface area contributed by atoms with Crippen molar-refractivity contribution in [1.29, 1.82) is 0 Å². The molecule has 3 rings (SSSR count). The van der Waals surface area contributed by atoms with Gasteiger partial charge in [-0.05, 0) is 59.9 Å². The molecule has 4 N–H and O–H groups in total. The van der Waals surface area contributed by atoms with Crippen LogP contribution in [0.25, 0.3) is 11.1 Å². The predicted octanol–water partition coefficient (Wildman–Crippen LogP) is 4.82. The molecule has 0 unspecified atom stereocenters. The Hall–Kier alpha value is -3.10. The average Bonchev–Trinajstić information content (AvgIpc) is 2.89. The minimum absolute atomic E-state index is 0. The van der Waals surface area contributed by atoms with Gasteiger partial charge in [0.1, 0.15) is 5.75 Å². The number of carbonyl (C=O) groups excluding carboxylic acids is 2. The molecule has 0 spiro atoms. The van der Waals surface area contributed by atoms with Crippen molar-refractivity contribution in [2.45, 2.75) is 52.9 Å². The third-order valence-electron chi connectivity index (χ3n) is 7.13. The second-order valence-electron chi connectivity index (χ2n) is 11.0. The van der Waals surface area contributed by atoms with Gasteiger partial charge in [0.25, 0.3) is 5.91 Å². The number of methoxy groups -OCH3 is 1. The number of likely N-dealkylation sites (tertiary alicyclic amines) is 1. The molecule has 214 valence electrons. The van der Waals surface area contributed by atoms with E-state index in [-0.39, 0.29) is 42.0 Å². The Morgan fingerprint density at radius 3 is 2.28 bits per heavy atom. The molecular weight excluding hydrogens is 516 g/mol. The van der Waals surface area contributed by atoms with Gasteiger partial charge in [-0.2, -0.15) is 4.99 Å². The molecule has 0 aliphatic carbocycles. The van der Waals surface area contributed by atoms with Crippen molar-refractivity contribution in [3.8, 4) is 16.9 Å². The molecule has 2 aromatic rings. The minimum Gasteiger partial charge on any atom is -0.493 e. The van der Waals surface area contributed by atoms with Gasteiger partial charge in [0.05, 0.1) is 6.61 Å². The monoisotopic (exact) mass is 558 g/mol. The van der Waals surface area contributed by atoms with E-state index in [0.717, 1.165) is 54.8 Å². The number of aliphatic imine (C=N–C) groups is 1. The zero-order valence-electron chi connectivity index (χ0n) is 23.6. The molecule has 0 atom stereocenters. The van der Waals surface area contributed by atoms with E-state index >= 15 is 0 Å². The summed E-state index contributed by atoms with van der Waals surface area (Å²) in [6.45, 7) is 9.54. The molecule has 2 aromatic carbocycles. The third kappa shape index (κ3) is 9.55. The second kappa shape index (κ2) is 14.9. The zero-order chi connectivity index (χ0) is 27.7. The molecule has 0 aromatic heterocycles. The fraction of sp³-hybridized carbons (Fsp3) is 0.500. The quantitative estimate of drug-likeness (QED) is 0.245.